The summed E-state index contributed by atoms with van der Waals surface area (Å²) >= 11 is 1.01. The van der Waals surface area contributed by atoms with Crippen molar-refractivity contribution in [2.75, 3.05) is 94.5 Å². The Kier molecular flexibility index (Phi) is 69.5. The molecule has 3 aromatic carbocycles. The van der Waals surface area contributed by atoms with Crippen LogP contribution in [0.2, 0.25) is 47.1 Å². The summed E-state index contributed by atoms with van der Waals surface area (Å²) in [5.74, 6) is 2.70. The molecule has 9 aliphatic rings. The summed E-state index contributed by atoms with van der Waals surface area (Å²) in [5.41, 5.74) is 22.4. The molecule has 0 saturated carbocycles. The van der Waals surface area contributed by atoms with E-state index in [0.29, 0.717) is 37.8 Å². The third-order valence-electron chi connectivity index (χ3n) is 12.7. The van der Waals surface area contributed by atoms with E-state index in [1.54, 1.807) is 43.3 Å². The summed E-state index contributed by atoms with van der Waals surface area (Å²) in [6.45, 7) is 37.2. The molecule has 12 rings (SSSR count). The van der Waals surface area contributed by atoms with Gasteiger partial charge in [-0.05, 0) is 132 Å². The normalized spacial score (nSPS) is 23.1. The topological polar surface area (TPSA) is 117 Å². The molecule has 0 amide bonds. The van der Waals surface area contributed by atoms with Crippen LogP contribution in [0.5, 0.6) is 0 Å². The minimum Gasteiger partial charge on any atom is -0.381 e. The second-order valence-corrected chi connectivity index (χ2v) is 27.9. The summed E-state index contributed by atoms with van der Waals surface area (Å²) in [5, 5.41) is 11.0. The van der Waals surface area contributed by atoms with Crippen LogP contribution in [0.1, 0.15) is 87.0 Å². The van der Waals surface area contributed by atoms with E-state index in [2.05, 4.69) is 169 Å². The van der Waals surface area contributed by atoms with Gasteiger partial charge in [0.2, 0.25) is 0 Å². The Hall–Kier alpha value is 3.96. The molecule has 0 aliphatic carbocycles. The zero-order valence-corrected chi connectivity index (χ0v) is 71.3. The molecule has 9 heterocycles. The number of fused-ring (bicyclic) bond motifs is 9. The van der Waals surface area contributed by atoms with Crippen LogP contribution in [0.3, 0.4) is 0 Å². The van der Waals surface area contributed by atoms with Crippen molar-refractivity contribution in [1.29, 1.82) is 0 Å². The van der Waals surface area contributed by atoms with E-state index in [1.165, 1.54) is 114 Å². The average molecular weight is 1440 g/mol. The summed E-state index contributed by atoms with van der Waals surface area (Å²) in [6, 6.07) is 33.8. The second kappa shape index (κ2) is 59.1. The van der Waals surface area contributed by atoms with Crippen molar-refractivity contribution in [2.24, 2.45) is 17.8 Å². The first-order chi connectivity index (χ1) is 33.9. The van der Waals surface area contributed by atoms with Crippen molar-refractivity contribution >= 4 is 72.6 Å². The quantitative estimate of drug-likeness (QED) is 0.252. The SMILES string of the molecule is CB(C)B(C)C.CC.CC.CC[NH-].CC[NH-].CC[NH-].[CH3][Sn].[CH3][Sn]([CH3])[CH3].[Rb+].[Rb+].[Rb+].c1ccc(N[C@H]2CN3CCC2CC3)cc1.c1ccc(N[C@H]2CN3CCC2CC3)cc1.c1ccc(N[C@H]2CN3CCC2CC3)cc1. The smallest absolute Gasteiger partial charge is 0.381 e. The van der Waals surface area contributed by atoms with Crippen LogP contribution in [0, 0.1) is 17.8 Å². The molecule has 0 aromatic heterocycles. The van der Waals surface area contributed by atoms with E-state index < -0.39 is 19.8 Å². The van der Waals surface area contributed by atoms with Gasteiger partial charge in [0.15, 0.2) is 0 Å². The van der Waals surface area contributed by atoms with Crippen molar-refractivity contribution in [1.82, 2.24) is 14.7 Å². The van der Waals surface area contributed by atoms with Crippen LogP contribution in [-0.4, -0.2) is 167 Å². The van der Waals surface area contributed by atoms with Crippen molar-refractivity contribution in [3.05, 3.63) is 108 Å². The number of para-hydroxylation sites is 3. The number of anilines is 3. The van der Waals surface area contributed by atoms with Gasteiger partial charge in [-0.1, -0.05) is 130 Å². The first-order valence-corrected chi connectivity index (χ1v) is 39.1. The van der Waals surface area contributed by atoms with E-state index in [1.807, 2.05) is 27.7 Å². The fourth-order valence-corrected chi connectivity index (χ4v) is 8.63. The zero-order valence-electron chi connectivity index (χ0n) is 50.8. The molecule has 9 fully saturated rings. The molecular weight excluding hydrogens is 1330 g/mol. The molecular formula is C57H108B2N9Rb3Sn2. The maximum absolute atomic E-state index is 6.21. The van der Waals surface area contributed by atoms with E-state index in [9.17, 15) is 0 Å². The molecule has 398 valence electrons. The molecule has 3 atom stereocenters. The Morgan fingerprint density at radius 1 is 0.438 bits per heavy atom. The molecule has 16 heteroatoms. The molecule has 3 aromatic rings. The largest absolute Gasteiger partial charge is 1.00 e. The van der Waals surface area contributed by atoms with Crippen LogP contribution in [0.15, 0.2) is 91.0 Å². The molecule has 9 saturated heterocycles. The minimum atomic E-state index is -0.543. The number of rotatable bonds is 7. The van der Waals surface area contributed by atoms with Crippen LogP contribution in [0.25, 0.3) is 17.2 Å². The zero-order chi connectivity index (χ0) is 53.1. The van der Waals surface area contributed by atoms with Crippen LogP contribution in [-0.2, 0) is 0 Å². The summed E-state index contributed by atoms with van der Waals surface area (Å²) in [6.07, 6.45) is 8.28. The van der Waals surface area contributed by atoms with Gasteiger partial charge >= 0.3 is 237 Å². The van der Waals surface area contributed by atoms with Crippen LogP contribution >= 0.6 is 0 Å². The van der Waals surface area contributed by atoms with Crippen molar-refractivity contribution in [2.45, 2.75) is 152 Å². The van der Waals surface area contributed by atoms with Gasteiger partial charge in [0.1, 0.15) is 13.2 Å². The standard InChI is InChI=1S/3C13H18N2.C4H12B2.3C2H6N.2C2H6.4CH3.3Rb.2Sn/c3*1-2-4-12(5-3-1)14-13-10-15-8-6-11(13)7-9-15;1-5(2)6(3)4;3*1-2-3;2*1-2;;;;;;;;;/h3*1-5,11,13-14H,6-10H2;1-4H3;3*3H,2H2,1H3;2*1-2H3;4*1H3;;;;;/q;;;;3*-1;;;;;;;3*+1;;/t3*13-;;;;;;;;;;;;;;;/m000.............../s1. The Labute approximate surface area is 622 Å². The van der Waals surface area contributed by atoms with Gasteiger partial charge in [0, 0.05) is 54.8 Å². The molecule has 0 unspecified atom stereocenters. The van der Waals surface area contributed by atoms with Crippen molar-refractivity contribution < 1.29 is 175 Å². The minimum absolute atomic E-state index is 0. The predicted molar refractivity (Wildman–Crippen MR) is 326 cm³/mol. The van der Waals surface area contributed by atoms with Crippen LogP contribution in [0.4, 0.5) is 17.1 Å². The van der Waals surface area contributed by atoms with Gasteiger partial charge in [0.05, 0.1) is 0 Å². The van der Waals surface area contributed by atoms with Gasteiger partial charge in [-0.2, -0.15) is 19.6 Å². The van der Waals surface area contributed by atoms with E-state index in [-0.39, 0.29) is 175 Å². The summed E-state index contributed by atoms with van der Waals surface area (Å²) < 4.78 is 0. The fourth-order valence-electron chi connectivity index (χ4n) is 8.63. The number of hydrogen-bond donors (Lipinski definition) is 3. The Bertz CT molecular complexity index is 1340. The molecule has 6 bridgehead atoms. The third-order valence-corrected chi connectivity index (χ3v) is 12.7. The first-order valence-electron chi connectivity index (χ1n) is 27.7. The van der Waals surface area contributed by atoms with Gasteiger partial charge in [-0.15, -0.1) is 0 Å². The van der Waals surface area contributed by atoms with E-state index in [0.717, 1.165) is 31.0 Å². The Morgan fingerprint density at radius 2 is 0.603 bits per heavy atom. The van der Waals surface area contributed by atoms with Crippen molar-refractivity contribution in [3.8, 4) is 0 Å². The maximum Gasteiger partial charge on any atom is 1.00 e. The Morgan fingerprint density at radius 3 is 0.726 bits per heavy atom. The maximum atomic E-state index is 6.21. The monoisotopic (exact) mass is 1440 g/mol. The molecule has 73 heavy (non-hydrogen) atoms. The van der Waals surface area contributed by atoms with E-state index in [4.69, 9.17) is 17.2 Å². The molecule has 9 aliphatic heterocycles. The number of piperidine rings is 9. The molecule has 6 N–H and O–H groups in total. The first kappa shape index (κ1) is 85.8. The second-order valence-electron chi connectivity index (χ2n) is 19.3. The van der Waals surface area contributed by atoms with Crippen molar-refractivity contribution in [3.63, 3.8) is 0 Å². The number of nitrogens with one attached hydrogen (secondary N) is 6. The summed E-state index contributed by atoms with van der Waals surface area (Å²) in [7, 11) is 0. The third kappa shape index (κ3) is 43.3. The summed E-state index contributed by atoms with van der Waals surface area (Å²) in [4.78, 5) is 16.9. The Balaban J connectivity index is -0.000000255. The van der Waals surface area contributed by atoms with E-state index >= 15 is 0 Å². The number of nitrogens with zero attached hydrogens (tertiary/aromatic N) is 3. The van der Waals surface area contributed by atoms with Gasteiger partial charge < -0.3 is 47.9 Å². The molecule has 9 nitrogen and oxygen atoms in total. The average Bonchev–Trinajstić information content (AvgIpc) is 3.39. The number of benzene rings is 3. The fraction of sp³-hybridized carbons (Fsp3) is 0.684. The molecule has 0 spiro atoms. The van der Waals surface area contributed by atoms with Crippen LogP contribution < -0.4 is 191 Å². The predicted octanol–water partition coefficient (Wildman–Crippen LogP) is 5.97. The van der Waals surface area contributed by atoms with Gasteiger partial charge in [-0.3, -0.25) is 0 Å². The molecule has 4 radical (unpaired) electrons. The van der Waals surface area contributed by atoms with Gasteiger partial charge in [0.25, 0.3) is 0 Å². The van der Waals surface area contributed by atoms with Gasteiger partial charge in [-0.25, -0.2) is 0 Å². The number of hydrogen-bond acceptors (Lipinski definition) is 6.